The van der Waals surface area contributed by atoms with Crippen molar-refractivity contribution in [2.24, 2.45) is 0 Å². The van der Waals surface area contributed by atoms with E-state index in [4.69, 9.17) is 4.74 Å². The minimum atomic E-state index is 0.259. The summed E-state index contributed by atoms with van der Waals surface area (Å²) in [6, 6.07) is 67.1. The molecule has 1 aliphatic carbocycles. The second kappa shape index (κ2) is 11.8. The Hall–Kier alpha value is -6.90. The van der Waals surface area contributed by atoms with E-state index in [0.29, 0.717) is 0 Å². The van der Waals surface area contributed by atoms with E-state index in [1.165, 1.54) is 93.5 Å². The summed E-state index contributed by atoms with van der Waals surface area (Å²) in [6.07, 6.45) is 2.04. The Morgan fingerprint density at radius 2 is 1.22 bits per heavy atom. The van der Waals surface area contributed by atoms with E-state index in [1.807, 2.05) is 0 Å². The van der Waals surface area contributed by atoms with Crippen LogP contribution < -0.4 is 4.74 Å². The summed E-state index contributed by atoms with van der Waals surface area (Å²) in [5.41, 5.74) is 15.3. The standard InChI is InChI=1S/C53H35NO/c1-2-13-34(14-3-1)39-29-27-35-24-25-37(31-44(35)51-43-19-11-23-50-53(43)46(32-45(39)51)41-16-7-9-22-49(41)55-50)40-18-10-21-48-52(40)42-17-6-8-20-47(42)54(48)38-28-26-33-12-4-5-15-36(33)30-38/h1-26,28,30-32,39H,27,29H2. The molecule has 0 radical (unpaired) electrons. The maximum Gasteiger partial charge on any atom is 0.135 e. The van der Waals surface area contributed by atoms with Crippen LogP contribution in [0.25, 0.3) is 82.4 Å². The zero-order valence-corrected chi connectivity index (χ0v) is 30.2. The predicted molar refractivity (Wildman–Crippen MR) is 229 cm³/mol. The van der Waals surface area contributed by atoms with Crippen LogP contribution in [-0.4, -0.2) is 4.57 Å². The van der Waals surface area contributed by atoms with Crippen LogP contribution in [0.2, 0.25) is 0 Å². The van der Waals surface area contributed by atoms with E-state index in [-0.39, 0.29) is 5.92 Å². The molecule has 0 bridgehead atoms. The van der Waals surface area contributed by atoms with E-state index in [0.717, 1.165) is 29.9 Å². The number of ether oxygens (including phenoxy) is 1. The van der Waals surface area contributed by atoms with Crippen LogP contribution >= 0.6 is 0 Å². The van der Waals surface area contributed by atoms with Crippen molar-refractivity contribution in [3.05, 3.63) is 199 Å². The third-order valence-corrected chi connectivity index (χ3v) is 12.2. The van der Waals surface area contributed by atoms with Gasteiger partial charge in [0.25, 0.3) is 0 Å². The fourth-order valence-electron chi connectivity index (χ4n) is 9.78. The van der Waals surface area contributed by atoms with Gasteiger partial charge in [-0.15, -0.1) is 0 Å². The number of para-hydroxylation sites is 2. The van der Waals surface area contributed by atoms with Crippen molar-refractivity contribution in [2.45, 2.75) is 18.8 Å². The van der Waals surface area contributed by atoms with Gasteiger partial charge in [0.1, 0.15) is 11.5 Å². The summed E-state index contributed by atoms with van der Waals surface area (Å²) in [5.74, 6) is 2.11. The lowest BCUT2D eigenvalue weighted by Crippen LogP contribution is -2.05. The number of hydrogen-bond donors (Lipinski definition) is 0. The quantitative estimate of drug-likeness (QED) is 0.179. The normalized spacial score (nSPS) is 14.4. The van der Waals surface area contributed by atoms with Crippen LogP contribution in [0.4, 0.5) is 0 Å². The number of benzene rings is 9. The monoisotopic (exact) mass is 701 g/mol. The van der Waals surface area contributed by atoms with E-state index in [1.54, 1.807) is 0 Å². The fourth-order valence-corrected chi connectivity index (χ4v) is 9.78. The lowest BCUT2D eigenvalue weighted by Gasteiger charge is -2.27. The van der Waals surface area contributed by atoms with Crippen molar-refractivity contribution in [3.8, 4) is 50.6 Å². The van der Waals surface area contributed by atoms with Crippen molar-refractivity contribution >= 4 is 43.4 Å². The first-order valence-corrected chi connectivity index (χ1v) is 19.4. The van der Waals surface area contributed by atoms with Crippen LogP contribution in [0.1, 0.15) is 29.0 Å². The van der Waals surface area contributed by atoms with Gasteiger partial charge in [0, 0.05) is 33.3 Å². The Morgan fingerprint density at radius 1 is 0.473 bits per heavy atom. The number of hydrogen-bond acceptors (Lipinski definition) is 1. The highest BCUT2D eigenvalue weighted by Gasteiger charge is 2.30. The van der Waals surface area contributed by atoms with Crippen molar-refractivity contribution in [1.82, 2.24) is 4.57 Å². The fraction of sp³-hybridized carbons (Fsp3) is 0.0566. The average molecular weight is 702 g/mol. The van der Waals surface area contributed by atoms with Crippen LogP contribution in [0.3, 0.4) is 0 Å². The molecular weight excluding hydrogens is 667 g/mol. The smallest absolute Gasteiger partial charge is 0.135 e. The number of aryl methyl sites for hydroxylation is 1. The van der Waals surface area contributed by atoms with Crippen molar-refractivity contribution < 1.29 is 4.74 Å². The molecule has 1 aromatic heterocycles. The number of aromatic nitrogens is 1. The Kier molecular flexibility index (Phi) is 6.55. The van der Waals surface area contributed by atoms with Gasteiger partial charge in [-0.1, -0.05) is 133 Å². The van der Waals surface area contributed by atoms with Crippen LogP contribution in [-0.2, 0) is 6.42 Å². The van der Waals surface area contributed by atoms with Gasteiger partial charge >= 0.3 is 0 Å². The molecule has 2 nitrogen and oxygen atoms in total. The topological polar surface area (TPSA) is 14.2 Å². The highest BCUT2D eigenvalue weighted by molar-refractivity contribution is 6.17. The highest BCUT2D eigenvalue weighted by atomic mass is 16.5. The second-order valence-corrected chi connectivity index (χ2v) is 15.1. The van der Waals surface area contributed by atoms with E-state index < -0.39 is 0 Å². The van der Waals surface area contributed by atoms with Gasteiger partial charge in [0.15, 0.2) is 0 Å². The molecule has 2 aliphatic rings. The van der Waals surface area contributed by atoms with Gasteiger partial charge in [-0.25, -0.2) is 0 Å². The molecule has 0 N–H and O–H groups in total. The first kappa shape index (κ1) is 30.6. The minimum Gasteiger partial charge on any atom is -0.456 e. The largest absolute Gasteiger partial charge is 0.456 e. The van der Waals surface area contributed by atoms with Gasteiger partial charge in [-0.3, -0.25) is 0 Å². The summed E-state index contributed by atoms with van der Waals surface area (Å²) in [5, 5.41) is 7.49. The Balaban J connectivity index is 1.12. The molecule has 0 saturated heterocycles. The first-order valence-electron chi connectivity index (χ1n) is 19.4. The van der Waals surface area contributed by atoms with Gasteiger partial charge in [-0.05, 0) is 122 Å². The lowest BCUT2D eigenvalue weighted by atomic mass is 9.80. The van der Waals surface area contributed by atoms with Gasteiger partial charge < -0.3 is 9.30 Å². The molecule has 0 fully saturated rings. The second-order valence-electron chi connectivity index (χ2n) is 15.1. The molecule has 0 amide bonds. The van der Waals surface area contributed by atoms with Crippen LogP contribution in [0.15, 0.2) is 182 Å². The summed E-state index contributed by atoms with van der Waals surface area (Å²) in [4.78, 5) is 0. The van der Waals surface area contributed by atoms with Gasteiger partial charge in [0.05, 0.1) is 11.0 Å². The van der Waals surface area contributed by atoms with Crippen molar-refractivity contribution in [1.29, 1.82) is 0 Å². The zero-order valence-electron chi connectivity index (χ0n) is 30.2. The summed E-state index contributed by atoms with van der Waals surface area (Å²) in [6.45, 7) is 0. The molecule has 1 aliphatic heterocycles. The van der Waals surface area contributed by atoms with Crippen molar-refractivity contribution in [2.75, 3.05) is 0 Å². The SMILES string of the molecule is c1ccc(C2CCc3ccc(-c4cccc5c4c4ccccc4n5-c4ccc5ccccc5c4)cc3-c3c2cc2c4c(cccc34)Oc3ccccc3-2)cc1. The van der Waals surface area contributed by atoms with Crippen LogP contribution in [0.5, 0.6) is 11.5 Å². The first-order chi connectivity index (χ1) is 27.3. The van der Waals surface area contributed by atoms with Gasteiger partial charge in [-0.2, -0.15) is 0 Å². The molecule has 9 aromatic carbocycles. The Labute approximate surface area is 319 Å². The molecule has 258 valence electrons. The predicted octanol–water partition coefficient (Wildman–Crippen LogP) is 14.3. The maximum absolute atomic E-state index is 6.61. The lowest BCUT2D eigenvalue weighted by molar-refractivity contribution is 0.487. The summed E-state index contributed by atoms with van der Waals surface area (Å²) in [7, 11) is 0. The van der Waals surface area contributed by atoms with Crippen LogP contribution in [0, 0.1) is 0 Å². The molecule has 10 aromatic rings. The van der Waals surface area contributed by atoms with E-state index >= 15 is 0 Å². The van der Waals surface area contributed by atoms with E-state index in [9.17, 15) is 0 Å². The Bertz CT molecular complexity index is 3190. The summed E-state index contributed by atoms with van der Waals surface area (Å²) < 4.78 is 9.05. The molecule has 55 heavy (non-hydrogen) atoms. The average Bonchev–Trinajstić information content (AvgIpc) is 3.49. The molecule has 2 heteroatoms. The number of rotatable bonds is 3. The third-order valence-electron chi connectivity index (χ3n) is 12.2. The summed E-state index contributed by atoms with van der Waals surface area (Å²) >= 11 is 0. The molecule has 1 atom stereocenters. The molecule has 1 unspecified atom stereocenters. The van der Waals surface area contributed by atoms with E-state index in [2.05, 4.69) is 187 Å². The maximum atomic E-state index is 6.61. The number of nitrogens with zero attached hydrogens (tertiary/aromatic N) is 1. The Morgan fingerprint density at radius 3 is 2.16 bits per heavy atom. The highest BCUT2D eigenvalue weighted by Crippen LogP contribution is 2.54. The minimum absolute atomic E-state index is 0.259. The molecule has 0 saturated carbocycles. The third kappa shape index (κ3) is 4.55. The zero-order chi connectivity index (χ0) is 36.0. The molecule has 12 rings (SSSR count). The molecule has 2 heterocycles. The van der Waals surface area contributed by atoms with Crippen molar-refractivity contribution in [3.63, 3.8) is 0 Å². The molecule has 0 spiro atoms. The molecular formula is C53H35NO. The van der Waals surface area contributed by atoms with Gasteiger partial charge in [0.2, 0.25) is 0 Å². The number of fused-ring (bicyclic) bond motifs is 10.